The first-order valence-corrected chi connectivity index (χ1v) is 14.0. The van der Waals surface area contributed by atoms with Gasteiger partial charge >= 0.3 is 6.09 Å². The SMILES string of the molecule is COc1cc(OC)c2c(c1Cl)OC1(C2=O)C(C)CC2NN(C)C(C3CCN(C(=O)OC(C)(C)C)CC3)C2C1O. The Morgan fingerprint density at radius 1 is 1.21 bits per heavy atom. The third-order valence-corrected chi connectivity index (χ3v) is 9.30. The number of hydrazine groups is 1. The van der Waals surface area contributed by atoms with Gasteiger partial charge in [0, 0.05) is 50.1 Å². The van der Waals surface area contributed by atoms with Crippen LogP contribution in [0.1, 0.15) is 57.3 Å². The van der Waals surface area contributed by atoms with Crippen LogP contribution in [0, 0.1) is 17.8 Å². The summed E-state index contributed by atoms with van der Waals surface area (Å²) in [5.74, 6) is 0.165. The minimum absolute atomic E-state index is 0.0217. The van der Waals surface area contributed by atoms with E-state index in [-0.39, 0.29) is 58.0 Å². The molecular formula is C28H40ClN3O7. The van der Waals surface area contributed by atoms with Crippen LogP contribution in [0.3, 0.4) is 0 Å². The van der Waals surface area contributed by atoms with Crippen molar-refractivity contribution in [1.29, 1.82) is 0 Å². The Morgan fingerprint density at radius 2 is 1.85 bits per heavy atom. The fourth-order valence-corrected chi connectivity index (χ4v) is 7.46. The van der Waals surface area contributed by atoms with Gasteiger partial charge in [0.15, 0.2) is 5.75 Å². The smallest absolute Gasteiger partial charge is 0.410 e. The molecule has 216 valence electrons. The topological polar surface area (TPSA) is 110 Å². The number of carbonyl (C=O) groups excluding carboxylic acids is 2. The molecule has 6 unspecified atom stereocenters. The second kappa shape index (κ2) is 9.98. The fraction of sp³-hybridized carbons (Fsp3) is 0.714. The van der Waals surface area contributed by atoms with E-state index in [0.717, 1.165) is 12.8 Å². The first kappa shape index (κ1) is 28.3. The Morgan fingerprint density at radius 3 is 2.44 bits per heavy atom. The largest absolute Gasteiger partial charge is 0.496 e. The van der Waals surface area contributed by atoms with Crippen LogP contribution in [0.25, 0.3) is 0 Å². The number of ether oxygens (including phenoxy) is 4. The van der Waals surface area contributed by atoms with Gasteiger partial charge in [0.1, 0.15) is 33.8 Å². The highest BCUT2D eigenvalue weighted by molar-refractivity contribution is 6.35. The van der Waals surface area contributed by atoms with E-state index >= 15 is 0 Å². The van der Waals surface area contributed by atoms with Crippen molar-refractivity contribution in [2.24, 2.45) is 17.8 Å². The molecule has 1 spiro atoms. The van der Waals surface area contributed by atoms with Crippen LogP contribution >= 0.6 is 11.6 Å². The van der Waals surface area contributed by atoms with E-state index in [4.69, 9.17) is 30.5 Å². The lowest BCUT2D eigenvalue weighted by Gasteiger charge is -2.48. The van der Waals surface area contributed by atoms with Crippen LogP contribution in [0.2, 0.25) is 5.02 Å². The number of rotatable bonds is 3. The van der Waals surface area contributed by atoms with Gasteiger partial charge in [0.2, 0.25) is 11.4 Å². The van der Waals surface area contributed by atoms with Crippen molar-refractivity contribution in [3.63, 3.8) is 0 Å². The molecule has 6 atom stereocenters. The number of carbonyl (C=O) groups is 2. The molecule has 1 aliphatic carbocycles. The number of aliphatic hydroxyl groups is 1. The molecule has 2 N–H and O–H groups in total. The van der Waals surface area contributed by atoms with E-state index in [0.29, 0.717) is 31.0 Å². The Balaban J connectivity index is 1.42. The molecule has 1 amide bonds. The number of Topliss-reactive ketones (excluding diaryl/α,β-unsaturated/α-hetero) is 1. The van der Waals surface area contributed by atoms with Crippen LogP contribution in [0.15, 0.2) is 6.07 Å². The van der Waals surface area contributed by atoms with Crippen LogP contribution in [-0.4, -0.2) is 90.6 Å². The van der Waals surface area contributed by atoms with Crippen LogP contribution in [0.4, 0.5) is 4.79 Å². The molecule has 3 fully saturated rings. The zero-order valence-corrected chi connectivity index (χ0v) is 24.5. The molecule has 2 saturated heterocycles. The number of nitrogens with one attached hydrogen (secondary N) is 1. The van der Waals surface area contributed by atoms with Crippen LogP contribution in [-0.2, 0) is 4.74 Å². The Bertz CT molecular complexity index is 1150. The third kappa shape index (κ3) is 4.44. The molecule has 1 saturated carbocycles. The monoisotopic (exact) mass is 565 g/mol. The lowest BCUT2D eigenvalue weighted by atomic mass is 9.62. The summed E-state index contributed by atoms with van der Waals surface area (Å²) in [5.41, 5.74) is 1.76. The number of piperidine rings is 1. The minimum atomic E-state index is -1.49. The maximum Gasteiger partial charge on any atom is 0.410 e. The van der Waals surface area contributed by atoms with E-state index in [2.05, 4.69) is 10.4 Å². The summed E-state index contributed by atoms with van der Waals surface area (Å²) in [4.78, 5) is 28.5. The van der Waals surface area contributed by atoms with Crippen molar-refractivity contribution in [3.8, 4) is 17.2 Å². The van der Waals surface area contributed by atoms with Crippen molar-refractivity contribution >= 4 is 23.5 Å². The summed E-state index contributed by atoms with van der Waals surface area (Å²) in [5, 5.41) is 14.4. The van der Waals surface area contributed by atoms with Gasteiger partial charge in [-0.1, -0.05) is 18.5 Å². The third-order valence-electron chi connectivity index (χ3n) is 8.94. The van der Waals surface area contributed by atoms with Crippen molar-refractivity contribution in [3.05, 3.63) is 16.7 Å². The van der Waals surface area contributed by atoms with Gasteiger partial charge in [-0.15, -0.1) is 0 Å². The number of hydrogen-bond donors (Lipinski definition) is 2. The van der Waals surface area contributed by atoms with Gasteiger partial charge in [-0.3, -0.25) is 10.2 Å². The lowest BCUT2D eigenvalue weighted by molar-refractivity contribution is -0.115. The molecule has 0 bridgehead atoms. The number of amides is 1. The molecule has 10 nitrogen and oxygen atoms in total. The number of methoxy groups -OCH3 is 2. The van der Waals surface area contributed by atoms with Crippen LogP contribution < -0.4 is 19.6 Å². The summed E-state index contributed by atoms with van der Waals surface area (Å²) >= 11 is 6.61. The van der Waals surface area contributed by atoms with E-state index in [1.165, 1.54) is 14.2 Å². The molecule has 0 radical (unpaired) electrons. The molecule has 39 heavy (non-hydrogen) atoms. The molecule has 0 aromatic heterocycles. The van der Waals surface area contributed by atoms with Gasteiger partial charge in [-0.2, -0.15) is 0 Å². The number of hydrogen-bond acceptors (Lipinski definition) is 9. The van der Waals surface area contributed by atoms with Crippen molar-refractivity contribution in [2.45, 2.75) is 76.3 Å². The zero-order chi connectivity index (χ0) is 28.4. The van der Waals surface area contributed by atoms with Gasteiger partial charge in [0.25, 0.3) is 0 Å². The number of aliphatic hydroxyl groups excluding tert-OH is 1. The zero-order valence-electron chi connectivity index (χ0n) is 23.7. The minimum Gasteiger partial charge on any atom is -0.496 e. The molecule has 3 heterocycles. The highest BCUT2D eigenvalue weighted by Gasteiger charge is 2.67. The van der Waals surface area contributed by atoms with Gasteiger partial charge < -0.3 is 29.0 Å². The fourth-order valence-electron chi connectivity index (χ4n) is 7.20. The van der Waals surface area contributed by atoms with E-state index in [1.807, 2.05) is 34.7 Å². The first-order chi connectivity index (χ1) is 18.3. The van der Waals surface area contributed by atoms with Crippen molar-refractivity contribution < 1.29 is 33.6 Å². The van der Waals surface area contributed by atoms with E-state index < -0.39 is 17.3 Å². The second-order valence-electron chi connectivity index (χ2n) is 12.3. The number of halogens is 1. The van der Waals surface area contributed by atoms with Crippen molar-refractivity contribution in [2.75, 3.05) is 34.4 Å². The number of likely N-dealkylation sites (tertiary alicyclic amines) is 1. The Labute approximate surface area is 234 Å². The standard InChI is InChI=1S/C28H40ClN3O7/c1-14-12-16-19(22(31(5)30-16)15-8-10-32(11-9-15)26(35)39-27(2,3)4)24(33)28(14)25(34)20-17(36-6)13-18(37-7)21(29)23(20)38-28/h13-16,19,22,24,30,33H,8-12H2,1-7H3. The highest BCUT2D eigenvalue weighted by Crippen LogP contribution is 2.56. The highest BCUT2D eigenvalue weighted by atomic mass is 35.5. The molecule has 1 aromatic carbocycles. The Hall–Kier alpha value is -2.27. The number of benzene rings is 1. The average Bonchev–Trinajstić information content (AvgIpc) is 3.37. The summed E-state index contributed by atoms with van der Waals surface area (Å²) in [6.07, 6.45) is 0.770. The van der Waals surface area contributed by atoms with Crippen LogP contribution in [0.5, 0.6) is 17.2 Å². The van der Waals surface area contributed by atoms with Gasteiger partial charge in [-0.05, 0) is 46.0 Å². The summed E-state index contributed by atoms with van der Waals surface area (Å²) in [7, 11) is 4.96. The lowest BCUT2D eigenvalue weighted by Crippen LogP contribution is -2.66. The molecule has 4 aliphatic rings. The maximum atomic E-state index is 14.2. The predicted molar refractivity (Wildman–Crippen MR) is 145 cm³/mol. The summed E-state index contributed by atoms with van der Waals surface area (Å²) in [6.45, 7) is 8.68. The molecule has 3 aliphatic heterocycles. The maximum absolute atomic E-state index is 14.2. The first-order valence-electron chi connectivity index (χ1n) is 13.7. The molecule has 5 rings (SSSR count). The predicted octanol–water partition coefficient (Wildman–Crippen LogP) is 3.52. The molecular weight excluding hydrogens is 526 g/mol. The number of ketones is 1. The normalized spacial score (nSPS) is 33.1. The summed E-state index contributed by atoms with van der Waals surface area (Å²) < 4.78 is 22.9. The van der Waals surface area contributed by atoms with Gasteiger partial charge in [-0.25, -0.2) is 9.80 Å². The Kier molecular flexibility index (Phi) is 7.23. The quantitative estimate of drug-likeness (QED) is 0.569. The summed E-state index contributed by atoms with van der Waals surface area (Å²) in [6, 6.07) is 1.50. The second-order valence-corrected chi connectivity index (χ2v) is 12.7. The average molecular weight is 566 g/mol. The molecule has 11 heteroatoms. The van der Waals surface area contributed by atoms with E-state index in [1.54, 1.807) is 11.0 Å². The number of fused-ring (bicyclic) bond motifs is 2. The molecule has 1 aromatic rings. The van der Waals surface area contributed by atoms with Gasteiger partial charge in [0.05, 0.1) is 14.2 Å². The number of nitrogens with zero attached hydrogens (tertiary/aromatic N) is 2. The van der Waals surface area contributed by atoms with Crippen molar-refractivity contribution in [1.82, 2.24) is 15.3 Å². The van der Waals surface area contributed by atoms with E-state index in [9.17, 15) is 14.7 Å².